The van der Waals surface area contributed by atoms with Gasteiger partial charge >= 0.3 is 0 Å². The van der Waals surface area contributed by atoms with E-state index in [1.165, 1.54) is 22.3 Å². The zero-order chi connectivity index (χ0) is 14.6. The zero-order valence-corrected chi connectivity index (χ0v) is 13.1. The Balaban J connectivity index is 2.03. The van der Waals surface area contributed by atoms with E-state index < -0.39 is 0 Å². The minimum atomic E-state index is 0.0439. The predicted molar refractivity (Wildman–Crippen MR) is 88.2 cm³/mol. The summed E-state index contributed by atoms with van der Waals surface area (Å²) in [7, 11) is 0. The van der Waals surface area contributed by atoms with Gasteiger partial charge in [0.1, 0.15) is 11.9 Å². The molecule has 1 heterocycles. The van der Waals surface area contributed by atoms with Crippen LogP contribution in [-0.4, -0.2) is 9.78 Å². The maximum absolute atomic E-state index is 6.25. The molecule has 0 aliphatic heterocycles. The van der Waals surface area contributed by atoms with Crippen LogP contribution in [-0.2, 0) is 0 Å². The number of hydrogen-bond acceptors (Lipinski definition) is 2. The number of aromatic nitrogens is 2. The highest BCUT2D eigenvalue weighted by molar-refractivity contribution is 9.10. The highest BCUT2D eigenvalue weighted by Gasteiger charge is 2.31. The Kier molecular flexibility index (Phi) is 2.69. The quantitative estimate of drug-likeness (QED) is 0.566. The number of rotatable bonds is 1. The normalized spacial score (nSPS) is 13.2. The number of nitrogens with two attached hydrogens (primary N) is 1. The van der Waals surface area contributed by atoms with E-state index in [0.717, 1.165) is 10.2 Å². The molecule has 1 aliphatic carbocycles. The van der Waals surface area contributed by atoms with E-state index in [-0.39, 0.29) is 6.04 Å². The van der Waals surface area contributed by atoms with Gasteiger partial charge in [-0.1, -0.05) is 48.5 Å². The topological polar surface area (TPSA) is 43.8 Å². The maximum atomic E-state index is 6.25. The molecule has 2 aromatic carbocycles. The fraction of sp³-hybridized carbons (Fsp3) is 0.118. The summed E-state index contributed by atoms with van der Waals surface area (Å²) in [6.45, 7) is 1.96. The first kappa shape index (κ1) is 12.7. The summed E-state index contributed by atoms with van der Waals surface area (Å²) in [4.78, 5) is 0. The second-order valence-corrected chi connectivity index (χ2v) is 6.10. The number of aryl methyl sites for hydroxylation is 1. The molecule has 2 N–H and O–H groups in total. The van der Waals surface area contributed by atoms with Gasteiger partial charge < -0.3 is 5.73 Å². The third kappa shape index (κ3) is 1.69. The zero-order valence-electron chi connectivity index (χ0n) is 11.5. The van der Waals surface area contributed by atoms with Gasteiger partial charge in [0.2, 0.25) is 0 Å². The number of halogens is 1. The van der Waals surface area contributed by atoms with Gasteiger partial charge in [0, 0.05) is 0 Å². The fourth-order valence-corrected chi connectivity index (χ4v) is 3.40. The first-order valence-electron chi connectivity index (χ1n) is 6.87. The van der Waals surface area contributed by atoms with Crippen LogP contribution in [0.1, 0.15) is 22.9 Å². The van der Waals surface area contributed by atoms with E-state index in [4.69, 9.17) is 5.73 Å². The number of fused-ring (bicyclic) bond motifs is 3. The molecule has 1 aliphatic rings. The summed E-state index contributed by atoms with van der Waals surface area (Å²) < 4.78 is 2.80. The molecule has 0 saturated carbocycles. The first-order valence-corrected chi connectivity index (χ1v) is 7.66. The van der Waals surface area contributed by atoms with Crippen LogP contribution in [0.15, 0.2) is 53.0 Å². The summed E-state index contributed by atoms with van der Waals surface area (Å²) >= 11 is 3.52. The van der Waals surface area contributed by atoms with Crippen LogP contribution in [0.25, 0.3) is 11.1 Å². The van der Waals surface area contributed by atoms with Crippen LogP contribution < -0.4 is 5.73 Å². The van der Waals surface area contributed by atoms with Crippen molar-refractivity contribution in [1.29, 1.82) is 0 Å². The van der Waals surface area contributed by atoms with Gasteiger partial charge in [-0.25, -0.2) is 4.68 Å². The summed E-state index contributed by atoms with van der Waals surface area (Å²) in [5.74, 6) is 0.670. The van der Waals surface area contributed by atoms with E-state index in [9.17, 15) is 0 Å². The average Bonchev–Trinajstić information content (AvgIpc) is 2.97. The molecule has 4 heteroatoms. The van der Waals surface area contributed by atoms with Crippen LogP contribution >= 0.6 is 15.9 Å². The van der Waals surface area contributed by atoms with Gasteiger partial charge in [-0.05, 0) is 45.1 Å². The molecule has 4 rings (SSSR count). The van der Waals surface area contributed by atoms with Crippen molar-refractivity contribution in [3.05, 3.63) is 69.8 Å². The van der Waals surface area contributed by atoms with E-state index in [2.05, 4.69) is 69.6 Å². The highest BCUT2D eigenvalue weighted by atomic mass is 79.9. The highest BCUT2D eigenvalue weighted by Crippen LogP contribution is 2.46. The van der Waals surface area contributed by atoms with Crippen LogP contribution in [0.5, 0.6) is 0 Å². The minimum Gasteiger partial charge on any atom is -0.383 e. The van der Waals surface area contributed by atoms with Crippen molar-refractivity contribution in [1.82, 2.24) is 9.78 Å². The summed E-state index contributed by atoms with van der Waals surface area (Å²) in [5, 5.41) is 4.63. The van der Waals surface area contributed by atoms with Crippen LogP contribution in [0, 0.1) is 6.92 Å². The van der Waals surface area contributed by atoms with Crippen LogP contribution in [0.2, 0.25) is 0 Å². The Morgan fingerprint density at radius 1 is 1.00 bits per heavy atom. The molecule has 0 unspecified atom stereocenters. The summed E-state index contributed by atoms with van der Waals surface area (Å²) in [6.07, 6.45) is 0. The Morgan fingerprint density at radius 2 is 1.52 bits per heavy atom. The third-order valence-corrected chi connectivity index (χ3v) is 5.07. The molecule has 0 bridgehead atoms. The molecular formula is C17H14BrN3. The van der Waals surface area contributed by atoms with Crippen molar-refractivity contribution in [3.63, 3.8) is 0 Å². The van der Waals surface area contributed by atoms with Crippen molar-refractivity contribution in [2.45, 2.75) is 13.0 Å². The molecule has 0 radical (unpaired) electrons. The van der Waals surface area contributed by atoms with Crippen molar-refractivity contribution in [3.8, 4) is 11.1 Å². The number of anilines is 1. The molecule has 3 aromatic rings. The fourth-order valence-electron chi connectivity index (χ4n) is 3.13. The van der Waals surface area contributed by atoms with Gasteiger partial charge in [-0.2, -0.15) is 5.10 Å². The Hall–Kier alpha value is -2.07. The van der Waals surface area contributed by atoms with E-state index in [0.29, 0.717) is 5.82 Å². The van der Waals surface area contributed by atoms with Crippen LogP contribution in [0.3, 0.4) is 0 Å². The first-order chi connectivity index (χ1) is 10.2. The van der Waals surface area contributed by atoms with Crippen LogP contribution in [0.4, 0.5) is 5.82 Å². The van der Waals surface area contributed by atoms with Gasteiger partial charge in [-0.15, -0.1) is 0 Å². The smallest absolute Gasteiger partial charge is 0.137 e. The molecule has 1 aromatic heterocycles. The second-order valence-electron chi connectivity index (χ2n) is 5.31. The van der Waals surface area contributed by atoms with Crippen molar-refractivity contribution >= 4 is 21.7 Å². The van der Waals surface area contributed by atoms with Crippen molar-refractivity contribution in [2.75, 3.05) is 5.73 Å². The second kappa shape index (κ2) is 4.46. The lowest BCUT2D eigenvalue weighted by Crippen LogP contribution is -2.13. The number of nitrogens with zero attached hydrogens (tertiary/aromatic N) is 2. The number of hydrogen-bond donors (Lipinski definition) is 1. The maximum Gasteiger partial charge on any atom is 0.137 e. The summed E-state index contributed by atoms with van der Waals surface area (Å²) in [6, 6.07) is 17.0. The molecule has 0 saturated heterocycles. The van der Waals surface area contributed by atoms with Gasteiger partial charge in [0.25, 0.3) is 0 Å². The number of nitrogen functional groups attached to an aromatic ring is 1. The largest absolute Gasteiger partial charge is 0.383 e. The SMILES string of the molecule is Cc1nn(C2c3ccccc3-c3ccccc32)c(N)c1Br. The predicted octanol–water partition coefficient (Wildman–Crippen LogP) is 4.15. The molecular weight excluding hydrogens is 326 g/mol. The third-order valence-electron chi connectivity index (χ3n) is 4.09. The van der Waals surface area contributed by atoms with Gasteiger partial charge in [-0.3, -0.25) is 0 Å². The lowest BCUT2D eigenvalue weighted by Gasteiger charge is -2.16. The van der Waals surface area contributed by atoms with Crippen molar-refractivity contribution < 1.29 is 0 Å². The van der Waals surface area contributed by atoms with E-state index in [1.54, 1.807) is 0 Å². The lowest BCUT2D eigenvalue weighted by molar-refractivity contribution is 0.610. The Bertz CT molecular complexity index is 805. The van der Waals surface area contributed by atoms with Crippen molar-refractivity contribution in [2.24, 2.45) is 0 Å². The van der Waals surface area contributed by atoms with Gasteiger partial charge in [0.15, 0.2) is 0 Å². The molecule has 3 nitrogen and oxygen atoms in total. The van der Waals surface area contributed by atoms with E-state index in [1.807, 2.05) is 11.6 Å². The van der Waals surface area contributed by atoms with Gasteiger partial charge in [0.05, 0.1) is 10.2 Å². The minimum absolute atomic E-state index is 0.0439. The number of benzene rings is 2. The molecule has 0 fully saturated rings. The lowest BCUT2D eigenvalue weighted by atomic mass is 10.1. The Labute approximate surface area is 131 Å². The molecule has 21 heavy (non-hydrogen) atoms. The molecule has 0 spiro atoms. The molecule has 0 amide bonds. The summed E-state index contributed by atoms with van der Waals surface area (Å²) in [5.41, 5.74) is 12.2. The standard InChI is InChI=1S/C17H14BrN3/c1-10-15(18)17(19)21(20-10)16-13-8-4-2-6-11(13)12-7-3-5-9-14(12)16/h2-9,16H,19H2,1H3. The van der Waals surface area contributed by atoms with E-state index >= 15 is 0 Å². The Morgan fingerprint density at radius 3 is 2.00 bits per heavy atom. The average molecular weight is 340 g/mol. The monoisotopic (exact) mass is 339 g/mol. The molecule has 0 atom stereocenters. The molecule has 104 valence electrons.